The Morgan fingerprint density at radius 1 is 1.04 bits per heavy atom. The summed E-state index contributed by atoms with van der Waals surface area (Å²) in [5.74, 6) is -2.96. The SMILES string of the molecule is CC(C)(C)[C@H](NC(=O)NC1(CS(=O)(=O)Cc2ccco2)CCCCC1)C(=O)N1CCC[C@H]1C(=O)NC(CC1CC1)C(=O)C(N)=O. The van der Waals surface area contributed by atoms with Crippen LogP contribution in [0.2, 0.25) is 0 Å². The van der Waals surface area contributed by atoms with Crippen LogP contribution in [0.3, 0.4) is 0 Å². The highest BCUT2D eigenvalue weighted by Crippen LogP contribution is 2.34. The van der Waals surface area contributed by atoms with E-state index in [-0.39, 0.29) is 24.0 Å². The van der Waals surface area contributed by atoms with Crippen LogP contribution in [-0.2, 0) is 34.8 Å². The molecular weight excluding hydrogens is 602 g/mol. The largest absolute Gasteiger partial charge is 0.468 e. The molecule has 1 aliphatic heterocycles. The number of carbonyl (C=O) groups excluding carboxylic acids is 5. The predicted octanol–water partition coefficient (Wildman–Crippen LogP) is 1.94. The van der Waals surface area contributed by atoms with Crippen molar-refractivity contribution in [3.8, 4) is 0 Å². The smallest absolute Gasteiger partial charge is 0.315 e. The lowest BCUT2D eigenvalue weighted by molar-refractivity contribution is -0.143. The number of rotatable bonds is 13. The fraction of sp³-hybridized carbons (Fsp3) is 0.710. The fourth-order valence-corrected chi connectivity index (χ4v) is 8.40. The zero-order valence-corrected chi connectivity index (χ0v) is 27.2. The molecule has 5 N–H and O–H groups in total. The van der Waals surface area contributed by atoms with Crippen LogP contribution in [-0.4, -0.2) is 78.8 Å². The predicted molar refractivity (Wildman–Crippen MR) is 165 cm³/mol. The Kier molecular flexibility index (Phi) is 10.7. The standard InChI is InChI=1S/C31H47N5O8S/c1-30(2,3)25(28(40)36-15-7-10-23(36)27(39)33-22(17-20-11-12-20)24(37)26(32)38)34-29(41)35-31(13-5-4-6-14-31)19-45(42,43)18-21-9-8-16-44-21/h8-9,16,20,22-23,25H,4-7,10-15,17-19H2,1-3H3,(H2,32,38)(H,33,39)(H2,34,35,41)/t22?,23-,25+/m0/s1. The summed E-state index contributed by atoms with van der Waals surface area (Å²) in [7, 11) is -3.65. The summed E-state index contributed by atoms with van der Waals surface area (Å²) < 4.78 is 31.6. The molecule has 2 heterocycles. The van der Waals surface area contributed by atoms with Gasteiger partial charge in [0, 0.05) is 6.54 Å². The molecule has 1 aromatic heterocycles. The van der Waals surface area contributed by atoms with Gasteiger partial charge in [-0.25, -0.2) is 13.2 Å². The Hall–Kier alpha value is -3.42. The van der Waals surface area contributed by atoms with Crippen LogP contribution in [0.1, 0.15) is 90.7 Å². The molecule has 0 spiro atoms. The van der Waals surface area contributed by atoms with E-state index in [0.717, 1.165) is 32.1 Å². The molecule has 1 aromatic rings. The van der Waals surface area contributed by atoms with E-state index >= 15 is 0 Å². The van der Waals surface area contributed by atoms with Crippen LogP contribution < -0.4 is 21.7 Å². The van der Waals surface area contributed by atoms with Crippen molar-refractivity contribution >= 4 is 39.4 Å². The van der Waals surface area contributed by atoms with Gasteiger partial charge in [-0.3, -0.25) is 19.2 Å². The van der Waals surface area contributed by atoms with Crippen molar-refractivity contribution in [2.75, 3.05) is 12.3 Å². The van der Waals surface area contributed by atoms with Gasteiger partial charge in [-0.05, 0) is 55.6 Å². The molecule has 250 valence electrons. The van der Waals surface area contributed by atoms with Gasteiger partial charge in [-0.2, -0.15) is 0 Å². The van der Waals surface area contributed by atoms with E-state index in [0.29, 0.717) is 37.9 Å². The molecule has 5 amide bonds. The molecular formula is C31H47N5O8S. The number of Topliss-reactive ketones (excluding diaryl/α,β-unsaturated/α-hetero) is 1. The Balaban J connectivity index is 1.46. The first-order valence-electron chi connectivity index (χ1n) is 15.9. The quantitative estimate of drug-likeness (QED) is 0.232. The van der Waals surface area contributed by atoms with Crippen LogP contribution in [0.25, 0.3) is 0 Å². The van der Waals surface area contributed by atoms with Crippen LogP contribution in [0.4, 0.5) is 4.79 Å². The van der Waals surface area contributed by atoms with Crippen molar-refractivity contribution in [2.45, 2.75) is 114 Å². The van der Waals surface area contributed by atoms with Gasteiger partial charge in [0.1, 0.15) is 23.6 Å². The van der Waals surface area contributed by atoms with Gasteiger partial charge in [0.25, 0.3) is 5.91 Å². The van der Waals surface area contributed by atoms with E-state index in [1.54, 1.807) is 32.9 Å². The summed E-state index contributed by atoms with van der Waals surface area (Å²) in [5.41, 5.74) is 3.46. The molecule has 13 nitrogen and oxygen atoms in total. The normalized spacial score (nSPS) is 21.4. The van der Waals surface area contributed by atoms with E-state index in [2.05, 4.69) is 16.0 Å². The molecule has 1 saturated heterocycles. The highest BCUT2D eigenvalue weighted by atomic mass is 32.2. The molecule has 4 rings (SSSR count). The van der Waals surface area contributed by atoms with Gasteiger partial charge < -0.3 is 31.0 Å². The van der Waals surface area contributed by atoms with Crippen LogP contribution in [0.15, 0.2) is 22.8 Å². The van der Waals surface area contributed by atoms with Crippen molar-refractivity contribution in [3.05, 3.63) is 24.2 Å². The maximum absolute atomic E-state index is 14.0. The number of carbonyl (C=O) groups is 5. The highest BCUT2D eigenvalue weighted by molar-refractivity contribution is 7.90. The average molecular weight is 650 g/mol. The molecule has 1 unspecified atom stereocenters. The minimum Gasteiger partial charge on any atom is -0.468 e. The number of hydrogen-bond acceptors (Lipinski definition) is 8. The molecule has 14 heteroatoms. The number of likely N-dealkylation sites (tertiary alicyclic amines) is 1. The summed E-state index contributed by atoms with van der Waals surface area (Å²) in [5, 5.41) is 8.40. The molecule has 45 heavy (non-hydrogen) atoms. The zero-order valence-electron chi connectivity index (χ0n) is 26.4. The van der Waals surface area contributed by atoms with Gasteiger partial charge in [-0.15, -0.1) is 0 Å². The third-order valence-electron chi connectivity index (χ3n) is 9.00. The molecule has 3 fully saturated rings. The second-order valence-corrected chi connectivity index (χ2v) is 16.1. The van der Waals surface area contributed by atoms with E-state index in [9.17, 15) is 32.4 Å². The topological polar surface area (TPSA) is 198 Å². The number of hydrogen-bond donors (Lipinski definition) is 4. The van der Waals surface area contributed by atoms with Crippen LogP contribution >= 0.6 is 0 Å². The maximum Gasteiger partial charge on any atom is 0.315 e. The number of amides is 5. The number of primary amides is 1. The number of ketones is 1. The summed E-state index contributed by atoms with van der Waals surface area (Å²) >= 11 is 0. The van der Waals surface area contributed by atoms with Gasteiger partial charge in [0.2, 0.25) is 17.6 Å². The van der Waals surface area contributed by atoms with Crippen molar-refractivity contribution in [3.63, 3.8) is 0 Å². The molecule has 2 saturated carbocycles. The fourth-order valence-electron chi connectivity index (χ4n) is 6.50. The summed E-state index contributed by atoms with van der Waals surface area (Å²) in [6.07, 6.45) is 7.84. The summed E-state index contributed by atoms with van der Waals surface area (Å²) in [4.78, 5) is 66.3. The molecule has 3 atom stereocenters. The lowest BCUT2D eigenvalue weighted by Crippen LogP contribution is -2.63. The van der Waals surface area contributed by atoms with E-state index in [4.69, 9.17) is 10.2 Å². The Morgan fingerprint density at radius 3 is 2.31 bits per heavy atom. The maximum atomic E-state index is 14.0. The molecule has 2 aliphatic carbocycles. The van der Waals surface area contributed by atoms with Crippen molar-refractivity contribution < 1.29 is 36.8 Å². The third kappa shape index (κ3) is 9.30. The Labute approximate surface area is 264 Å². The minimum atomic E-state index is -3.65. The average Bonchev–Trinajstić information content (AvgIpc) is 3.38. The lowest BCUT2D eigenvalue weighted by atomic mass is 9.83. The second-order valence-electron chi connectivity index (χ2n) is 14.0. The van der Waals surface area contributed by atoms with Gasteiger partial charge >= 0.3 is 6.03 Å². The van der Waals surface area contributed by atoms with E-state index < -0.39 is 68.5 Å². The highest BCUT2D eigenvalue weighted by Gasteiger charge is 2.45. The Morgan fingerprint density at radius 2 is 1.73 bits per heavy atom. The molecule has 0 bridgehead atoms. The number of urea groups is 1. The van der Waals surface area contributed by atoms with Crippen LogP contribution in [0, 0.1) is 11.3 Å². The third-order valence-corrected chi connectivity index (χ3v) is 10.7. The van der Waals surface area contributed by atoms with Gasteiger partial charge in [-0.1, -0.05) is 52.9 Å². The summed E-state index contributed by atoms with van der Waals surface area (Å²) in [6, 6.07) is -0.405. The Bertz CT molecular complexity index is 1360. The van der Waals surface area contributed by atoms with E-state index in [1.807, 2.05) is 0 Å². The lowest BCUT2D eigenvalue weighted by Gasteiger charge is -2.40. The number of sulfone groups is 1. The zero-order chi connectivity index (χ0) is 33.0. The first-order chi connectivity index (χ1) is 21.1. The molecule has 0 aromatic carbocycles. The first kappa shape index (κ1) is 34.5. The van der Waals surface area contributed by atoms with Crippen molar-refractivity contribution in [1.29, 1.82) is 0 Å². The number of nitrogens with zero attached hydrogens (tertiary/aromatic N) is 1. The van der Waals surface area contributed by atoms with Crippen molar-refractivity contribution in [1.82, 2.24) is 20.9 Å². The molecule has 3 aliphatic rings. The van der Waals surface area contributed by atoms with E-state index in [1.165, 1.54) is 11.2 Å². The van der Waals surface area contributed by atoms with Crippen LogP contribution in [0.5, 0.6) is 0 Å². The number of nitrogens with one attached hydrogen (secondary N) is 3. The van der Waals surface area contributed by atoms with Gasteiger partial charge in [0.05, 0.1) is 23.6 Å². The summed E-state index contributed by atoms with van der Waals surface area (Å²) in [6.45, 7) is 5.66. The molecule has 0 radical (unpaired) electrons. The van der Waals surface area contributed by atoms with Crippen molar-refractivity contribution in [2.24, 2.45) is 17.1 Å². The van der Waals surface area contributed by atoms with Gasteiger partial charge in [0.15, 0.2) is 9.84 Å². The second kappa shape index (κ2) is 13.9. The number of nitrogens with two attached hydrogens (primary N) is 1. The first-order valence-corrected chi connectivity index (χ1v) is 17.7. The minimum absolute atomic E-state index is 0.237. The number of furan rings is 1. The monoisotopic (exact) mass is 649 g/mol.